The lowest BCUT2D eigenvalue weighted by atomic mass is 10.2. The van der Waals surface area contributed by atoms with Crippen LogP contribution in [0.2, 0.25) is 0 Å². The van der Waals surface area contributed by atoms with Crippen molar-refractivity contribution in [2.45, 2.75) is 6.54 Å². The van der Waals surface area contributed by atoms with Gasteiger partial charge in [-0.1, -0.05) is 30.3 Å². The lowest BCUT2D eigenvalue weighted by molar-refractivity contribution is 0.301. The van der Waals surface area contributed by atoms with Crippen molar-refractivity contribution in [3.05, 3.63) is 35.9 Å². The summed E-state index contributed by atoms with van der Waals surface area (Å²) in [6.07, 6.45) is 0. The number of hydrogen-bond donors (Lipinski definition) is 0. The van der Waals surface area contributed by atoms with Gasteiger partial charge in [0.15, 0.2) is 0 Å². The third-order valence-corrected chi connectivity index (χ3v) is 6.53. The van der Waals surface area contributed by atoms with Crippen LogP contribution in [0.3, 0.4) is 0 Å². The largest absolute Gasteiger partial charge is 0.297 e. The predicted octanol–water partition coefficient (Wildman–Crippen LogP) is 3.70. The van der Waals surface area contributed by atoms with E-state index >= 15 is 0 Å². The molecule has 0 bridgehead atoms. The Balaban J connectivity index is 1.81. The van der Waals surface area contributed by atoms with E-state index in [4.69, 9.17) is 0 Å². The molecule has 0 amide bonds. The van der Waals surface area contributed by atoms with Crippen LogP contribution in [0.4, 0.5) is 0 Å². The van der Waals surface area contributed by atoms with Crippen LogP contribution in [0, 0.1) is 0 Å². The van der Waals surface area contributed by atoms with E-state index in [0.29, 0.717) is 0 Å². The molecule has 0 saturated carbocycles. The van der Waals surface area contributed by atoms with E-state index in [0.717, 1.165) is 6.54 Å². The molecule has 0 aromatic heterocycles. The van der Waals surface area contributed by atoms with Crippen molar-refractivity contribution in [1.29, 1.82) is 0 Å². The quantitative estimate of drug-likeness (QED) is 0.818. The predicted molar refractivity (Wildman–Crippen MR) is 93.7 cm³/mol. The molecular weight excluding hydrogens is 290 g/mol. The standard InChI is InChI=1S/C15H23NS3/c1-2-4-15(5-3-1)14-16-6-8-17-10-12-19-13-11-18-9-7-16/h1-5H,6-14H2. The first-order valence-corrected chi connectivity index (χ1v) is 10.4. The Labute approximate surface area is 130 Å². The first-order valence-electron chi connectivity index (χ1n) is 6.94. The molecule has 1 aliphatic rings. The number of rotatable bonds is 2. The summed E-state index contributed by atoms with van der Waals surface area (Å²) in [7, 11) is 0. The second-order valence-corrected chi connectivity index (χ2v) is 8.27. The van der Waals surface area contributed by atoms with E-state index < -0.39 is 0 Å². The molecule has 1 nitrogen and oxygen atoms in total. The topological polar surface area (TPSA) is 3.24 Å². The minimum atomic E-state index is 1.11. The smallest absolute Gasteiger partial charge is 0.0234 e. The van der Waals surface area contributed by atoms with Gasteiger partial charge in [-0.3, -0.25) is 4.90 Å². The average Bonchev–Trinajstić information content (AvgIpc) is 2.43. The molecule has 1 aromatic carbocycles. The fourth-order valence-electron chi connectivity index (χ4n) is 2.04. The normalized spacial score (nSPS) is 20.4. The van der Waals surface area contributed by atoms with E-state index in [-0.39, 0.29) is 0 Å². The van der Waals surface area contributed by atoms with Crippen molar-refractivity contribution >= 4 is 35.3 Å². The fourth-order valence-corrected chi connectivity index (χ4v) is 5.31. The Hall–Kier alpha value is 0.230. The van der Waals surface area contributed by atoms with E-state index in [1.54, 1.807) is 0 Å². The van der Waals surface area contributed by atoms with Crippen molar-refractivity contribution < 1.29 is 0 Å². The maximum absolute atomic E-state index is 2.62. The molecule has 106 valence electrons. The van der Waals surface area contributed by atoms with Crippen molar-refractivity contribution in [2.75, 3.05) is 47.6 Å². The third-order valence-electron chi connectivity index (χ3n) is 3.10. The lowest BCUT2D eigenvalue weighted by Crippen LogP contribution is -2.28. The van der Waals surface area contributed by atoms with Crippen molar-refractivity contribution in [1.82, 2.24) is 4.90 Å². The maximum atomic E-state index is 2.62. The van der Waals surface area contributed by atoms with Gasteiger partial charge in [0.05, 0.1) is 0 Å². The molecular formula is C15H23NS3. The van der Waals surface area contributed by atoms with Crippen LogP contribution in [-0.4, -0.2) is 52.5 Å². The summed E-state index contributed by atoms with van der Waals surface area (Å²) in [5.74, 6) is 7.83. The highest BCUT2D eigenvalue weighted by molar-refractivity contribution is 8.04. The fraction of sp³-hybridized carbons (Fsp3) is 0.600. The Bertz CT molecular complexity index is 319. The number of thioether (sulfide) groups is 3. The van der Waals surface area contributed by atoms with Gasteiger partial charge in [0.25, 0.3) is 0 Å². The van der Waals surface area contributed by atoms with Gasteiger partial charge in [0, 0.05) is 54.2 Å². The van der Waals surface area contributed by atoms with Gasteiger partial charge in [0.2, 0.25) is 0 Å². The Kier molecular flexibility index (Phi) is 8.24. The van der Waals surface area contributed by atoms with Gasteiger partial charge in [0.1, 0.15) is 0 Å². The monoisotopic (exact) mass is 313 g/mol. The number of hydrogen-bond acceptors (Lipinski definition) is 4. The second-order valence-electron chi connectivity index (χ2n) is 4.60. The van der Waals surface area contributed by atoms with Crippen LogP contribution < -0.4 is 0 Å². The molecule has 0 aliphatic carbocycles. The van der Waals surface area contributed by atoms with E-state index in [1.807, 2.05) is 0 Å². The Morgan fingerprint density at radius 1 is 0.737 bits per heavy atom. The Morgan fingerprint density at radius 3 is 1.84 bits per heavy atom. The first kappa shape index (κ1) is 15.6. The van der Waals surface area contributed by atoms with Gasteiger partial charge in [-0.2, -0.15) is 35.3 Å². The summed E-state index contributed by atoms with van der Waals surface area (Å²) < 4.78 is 0. The lowest BCUT2D eigenvalue weighted by Gasteiger charge is -2.22. The summed E-state index contributed by atoms with van der Waals surface area (Å²) >= 11 is 6.34. The van der Waals surface area contributed by atoms with E-state index in [1.165, 1.54) is 53.2 Å². The summed E-state index contributed by atoms with van der Waals surface area (Å²) in [6.45, 7) is 3.56. The molecule has 1 fully saturated rings. The van der Waals surface area contributed by atoms with Crippen LogP contribution >= 0.6 is 35.3 Å². The highest BCUT2D eigenvalue weighted by Crippen LogP contribution is 2.14. The van der Waals surface area contributed by atoms with Crippen LogP contribution in [0.1, 0.15) is 5.56 Å². The van der Waals surface area contributed by atoms with Crippen molar-refractivity contribution in [2.24, 2.45) is 0 Å². The van der Waals surface area contributed by atoms with Crippen LogP contribution in [0.5, 0.6) is 0 Å². The number of nitrogens with zero attached hydrogens (tertiary/aromatic N) is 1. The van der Waals surface area contributed by atoms with Crippen molar-refractivity contribution in [3.8, 4) is 0 Å². The molecule has 1 aliphatic heterocycles. The SMILES string of the molecule is c1ccc(CN2CCSCCSCCSCC2)cc1. The van der Waals surface area contributed by atoms with E-state index in [2.05, 4.69) is 70.5 Å². The van der Waals surface area contributed by atoms with Gasteiger partial charge in [-0.25, -0.2) is 0 Å². The van der Waals surface area contributed by atoms with Gasteiger partial charge in [-0.05, 0) is 5.56 Å². The molecule has 4 heteroatoms. The summed E-state index contributed by atoms with van der Waals surface area (Å²) in [6, 6.07) is 10.9. The molecule has 19 heavy (non-hydrogen) atoms. The zero-order valence-electron chi connectivity index (χ0n) is 11.4. The zero-order valence-corrected chi connectivity index (χ0v) is 13.9. The summed E-state index contributed by atoms with van der Waals surface area (Å²) in [5, 5.41) is 0. The maximum Gasteiger partial charge on any atom is 0.0234 e. The zero-order chi connectivity index (χ0) is 13.2. The van der Waals surface area contributed by atoms with E-state index in [9.17, 15) is 0 Å². The second kappa shape index (κ2) is 10.0. The molecule has 0 atom stereocenters. The minimum Gasteiger partial charge on any atom is -0.297 e. The molecule has 1 heterocycles. The van der Waals surface area contributed by atoms with Crippen LogP contribution in [0.25, 0.3) is 0 Å². The summed E-state index contributed by atoms with van der Waals surface area (Å²) in [5.41, 5.74) is 1.44. The van der Waals surface area contributed by atoms with Crippen LogP contribution in [0.15, 0.2) is 30.3 Å². The van der Waals surface area contributed by atoms with Gasteiger partial charge < -0.3 is 0 Å². The van der Waals surface area contributed by atoms with Crippen molar-refractivity contribution in [3.63, 3.8) is 0 Å². The summed E-state index contributed by atoms with van der Waals surface area (Å²) in [4.78, 5) is 2.62. The highest BCUT2D eigenvalue weighted by Gasteiger charge is 2.07. The van der Waals surface area contributed by atoms with Gasteiger partial charge in [-0.15, -0.1) is 0 Å². The average molecular weight is 314 g/mol. The highest BCUT2D eigenvalue weighted by atomic mass is 32.2. The molecule has 0 unspecified atom stereocenters. The molecule has 1 saturated heterocycles. The Morgan fingerprint density at radius 2 is 1.26 bits per heavy atom. The van der Waals surface area contributed by atoms with Gasteiger partial charge >= 0.3 is 0 Å². The molecule has 1 aromatic rings. The molecule has 0 radical (unpaired) electrons. The third kappa shape index (κ3) is 6.98. The van der Waals surface area contributed by atoms with Crippen LogP contribution in [-0.2, 0) is 6.54 Å². The molecule has 0 N–H and O–H groups in total. The first-order chi connectivity index (χ1) is 9.45. The minimum absolute atomic E-state index is 1.11. The molecule has 2 rings (SSSR count). The molecule has 0 spiro atoms. The number of benzene rings is 1.